The van der Waals surface area contributed by atoms with Crippen molar-refractivity contribution in [3.63, 3.8) is 0 Å². The van der Waals surface area contributed by atoms with E-state index in [1.807, 2.05) is 19.1 Å². The summed E-state index contributed by atoms with van der Waals surface area (Å²) in [6, 6.07) is 16.0. The zero-order chi connectivity index (χ0) is 22.7. The summed E-state index contributed by atoms with van der Waals surface area (Å²) in [5, 5.41) is 3.94. The number of carbonyl (C=O) groups excluding carboxylic acids is 1. The molecular formula is C24H21FN4O3. The van der Waals surface area contributed by atoms with Gasteiger partial charge in [-0.05, 0) is 48.4 Å². The van der Waals surface area contributed by atoms with Crippen molar-refractivity contribution < 1.29 is 13.9 Å². The topological polar surface area (TPSA) is 86.1 Å². The fourth-order valence-electron chi connectivity index (χ4n) is 3.37. The van der Waals surface area contributed by atoms with Gasteiger partial charge in [-0.1, -0.05) is 24.3 Å². The van der Waals surface area contributed by atoms with E-state index in [0.717, 1.165) is 11.1 Å². The quantitative estimate of drug-likeness (QED) is 0.465. The molecule has 1 atom stereocenters. The molecule has 0 fully saturated rings. The summed E-state index contributed by atoms with van der Waals surface area (Å²) >= 11 is 0. The summed E-state index contributed by atoms with van der Waals surface area (Å²) in [5.74, 6) is -0.365. The summed E-state index contributed by atoms with van der Waals surface area (Å²) in [5.41, 5.74) is 2.45. The first-order valence-corrected chi connectivity index (χ1v) is 10.0. The molecule has 4 rings (SSSR count). The fraction of sp³-hybridized carbons (Fsp3) is 0.167. The Kier molecular flexibility index (Phi) is 5.93. The first-order chi connectivity index (χ1) is 15.4. The SMILES string of the molecule is COC(=O)c1ccc(C(C)Nc2ncc3ccc(=O)n(Cc4ccc(F)cc4)c3n2)cc1. The molecule has 7 nitrogen and oxygen atoms in total. The molecule has 0 radical (unpaired) electrons. The van der Waals surface area contributed by atoms with Crippen molar-refractivity contribution in [3.05, 3.63) is 99.7 Å². The lowest BCUT2D eigenvalue weighted by Crippen LogP contribution is -2.21. The van der Waals surface area contributed by atoms with Crippen molar-refractivity contribution >= 4 is 23.0 Å². The molecule has 0 saturated heterocycles. The first-order valence-electron chi connectivity index (χ1n) is 10.0. The molecule has 0 saturated carbocycles. The Bertz CT molecular complexity index is 1320. The number of carbonyl (C=O) groups is 1. The third-order valence-corrected chi connectivity index (χ3v) is 5.15. The van der Waals surface area contributed by atoms with Crippen LogP contribution in [0.1, 0.15) is 34.5 Å². The molecule has 0 aliphatic heterocycles. The van der Waals surface area contributed by atoms with Crippen LogP contribution in [0.4, 0.5) is 10.3 Å². The van der Waals surface area contributed by atoms with E-state index in [9.17, 15) is 14.0 Å². The maximum absolute atomic E-state index is 13.2. The number of anilines is 1. The van der Waals surface area contributed by atoms with Gasteiger partial charge in [-0.15, -0.1) is 0 Å². The van der Waals surface area contributed by atoms with Crippen LogP contribution in [0.25, 0.3) is 11.0 Å². The largest absolute Gasteiger partial charge is 0.465 e. The molecule has 1 N–H and O–H groups in total. The van der Waals surface area contributed by atoms with Crippen molar-refractivity contribution in [2.75, 3.05) is 12.4 Å². The number of pyridine rings is 1. The van der Waals surface area contributed by atoms with Crippen LogP contribution in [0.2, 0.25) is 0 Å². The van der Waals surface area contributed by atoms with Crippen LogP contribution in [0.15, 0.2) is 71.7 Å². The van der Waals surface area contributed by atoms with Gasteiger partial charge in [0.1, 0.15) is 11.5 Å². The Hall–Kier alpha value is -4.07. The van der Waals surface area contributed by atoms with Crippen molar-refractivity contribution in [3.8, 4) is 0 Å². The standard InChI is InChI=1S/C24H21FN4O3/c1-15(17-5-7-18(8-6-17)23(31)32-2)27-24-26-13-19-9-12-21(30)29(22(19)28-24)14-16-3-10-20(25)11-4-16/h3-13,15H,14H2,1-2H3,(H,26,27,28). The van der Waals surface area contributed by atoms with Crippen LogP contribution in [-0.2, 0) is 11.3 Å². The molecule has 8 heteroatoms. The molecule has 0 bridgehead atoms. The second-order valence-electron chi connectivity index (χ2n) is 7.34. The molecule has 0 aliphatic rings. The Balaban J connectivity index is 1.61. The molecule has 2 heterocycles. The zero-order valence-corrected chi connectivity index (χ0v) is 17.6. The smallest absolute Gasteiger partial charge is 0.337 e. The summed E-state index contributed by atoms with van der Waals surface area (Å²) in [6.07, 6.45) is 1.65. The highest BCUT2D eigenvalue weighted by atomic mass is 19.1. The zero-order valence-electron chi connectivity index (χ0n) is 17.6. The van der Waals surface area contributed by atoms with Crippen LogP contribution in [0, 0.1) is 5.82 Å². The van der Waals surface area contributed by atoms with E-state index in [0.29, 0.717) is 22.5 Å². The van der Waals surface area contributed by atoms with Crippen molar-refractivity contribution in [2.24, 2.45) is 0 Å². The number of aromatic nitrogens is 3. The van der Waals surface area contributed by atoms with Gasteiger partial charge < -0.3 is 10.1 Å². The van der Waals surface area contributed by atoms with Gasteiger partial charge >= 0.3 is 5.97 Å². The highest BCUT2D eigenvalue weighted by molar-refractivity contribution is 5.89. The number of nitrogens with zero attached hydrogens (tertiary/aromatic N) is 3. The number of rotatable bonds is 6. The average Bonchev–Trinajstić information content (AvgIpc) is 2.82. The average molecular weight is 432 g/mol. The van der Waals surface area contributed by atoms with Gasteiger partial charge in [0.2, 0.25) is 5.95 Å². The summed E-state index contributed by atoms with van der Waals surface area (Å²) in [4.78, 5) is 33.1. The molecule has 2 aromatic carbocycles. The van der Waals surface area contributed by atoms with E-state index in [1.54, 1.807) is 36.5 Å². The predicted octanol–water partition coefficient (Wildman–Crippen LogP) is 3.94. The number of nitrogens with one attached hydrogen (secondary N) is 1. The highest BCUT2D eigenvalue weighted by Gasteiger charge is 2.12. The van der Waals surface area contributed by atoms with Crippen molar-refractivity contribution in [1.82, 2.24) is 14.5 Å². The van der Waals surface area contributed by atoms with E-state index in [2.05, 4.69) is 15.3 Å². The molecule has 0 spiro atoms. The van der Waals surface area contributed by atoms with E-state index < -0.39 is 5.97 Å². The van der Waals surface area contributed by atoms with Crippen LogP contribution in [0.3, 0.4) is 0 Å². The second-order valence-corrected chi connectivity index (χ2v) is 7.34. The van der Waals surface area contributed by atoms with E-state index in [1.165, 1.54) is 29.9 Å². The van der Waals surface area contributed by atoms with Gasteiger partial charge in [0.25, 0.3) is 5.56 Å². The molecule has 32 heavy (non-hydrogen) atoms. The molecular weight excluding hydrogens is 411 g/mol. The molecule has 0 amide bonds. The van der Waals surface area contributed by atoms with E-state index in [4.69, 9.17) is 4.74 Å². The lowest BCUT2D eigenvalue weighted by molar-refractivity contribution is 0.0600. The van der Waals surface area contributed by atoms with Gasteiger partial charge in [-0.25, -0.2) is 14.2 Å². The second kappa shape index (κ2) is 8.97. The van der Waals surface area contributed by atoms with Gasteiger partial charge in [0, 0.05) is 17.6 Å². The van der Waals surface area contributed by atoms with E-state index >= 15 is 0 Å². The summed E-state index contributed by atoms with van der Waals surface area (Å²) in [6.45, 7) is 2.20. The molecule has 2 aromatic heterocycles. The van der Waals surface area contributed by atoms with Crippen LogP contribution < -0.4 is 10.9 Å². The lowest BCUT2D eigenvalue weighted by atomic mass is 10.1. The number of hydrogen-bond acceptors (Lipinski definition) is 6. The Morgan fingerprint density at radius 2 is 1.81 bits per heavy atom. The number of ether oxygens (including phenoxy) is 1. The first kappa shape index (κ1) is 21.2. The van der Waals surface area contributed by atoms with Crippen molar-refractivity contribution in [1.29, 1.82) is 0 Å². The minimum atomic E-state index is -0.394. The Morgan fingerprint density at radius 3 is 2.50 bits per heavy atom. The molecule has 1 unspecified atom stereocenters. The van der Waals surface area contributed by atoms with Crippen molar-refractivity contribution in [2.45, 2.75) is 19.5 Å². The number of hydrogen-bond donors (Lipinski definition) is 1. The van der Waals surface area contributed by atoms with Crippen LogP contribution >= 0.6 is 0 Å². The number of fused-ring (bicyclic) bond motifs is 1. The summed E-state index contributed by atoms with van der Waals surface area (Å²) in [7, 11) is 1.34. The third kappa shape index (κ3) is 4.49. The molecule has 0 aliphatic carbocycles. The molecule has 4 aromatic rings. The number of esters is 1. The minimum absolute atomic E-state index is 0.153. The van der Waals surface area contributed by atoms with Gasteiger partial charge in [0.05, 0.1) is 25.3 Å². The highest BCUT2D eigenvalue weighted by Crippen LogP contribution is 2.19. The number of methoxy groups -OCH3 is 1. The lowest BCUT2D eigenvalue weighted by Gasteiger charge is -2.16. The fourth-order valence-corrected chi connectivity index (χ4v) is 3.37. The monoisotopic (exact) mass is 432 g/mol. The van der Waals surface area contributed by atoms with E-state index in [-0.39, 0.29) is 24.0 Å². The van der Waals surface area contributed by atoms with Gasteiger partial charge in [-0.2, -0.15) is 4.98 Å². The minimum Gasteiger partial charge on any atom is -0.465 e. The number of halogens is 1. The Morgan fingerprint density at radius 1 is 1.09 bits per heavy atom. The van der Waals surface area contributed by atoms with Crippen LogP contribution in [-0.4, -0.2) is 27.6 Å². The van der Waals surface area contributed by atoms with Crippen LogP contribution in [0.5, 0.6) is 0 Å². The Labute approximate surface area is 183 Å². The predicted molar refractivity (Wildman–Crippen MR) is 119 cm³/mol. The summed E-state index contributed by atoms with van der Waals surface area (Å²) < 4.78 is 19.5. The van der Waals surface area contributed by atoms with Gasteiger partial charge in [-0.3, -0.25) is 9.36 Å². The maximum Gasteiger partial charge on any atom is 0.337 e. The maximum atomic E-state index is 13.2. The number of benzene rings is 2. The van der Waals surface area contributed by atoms with Gasteiger partial charge in [0.15, 0.2) is 0 Å². The molecule has 162 valence electrons. The normalized spacial score (nSPS) is 11.8. The third-order valence-electron chi connectivity index (χ3n) is 5.15.